The molecule has 0 amide bonds. The highest BCUT2D eigenvalue weighted by Crippen LogP contribution is 2.33. The standard InChI is InChI=1S/C15H10F3N5S/c16-15(17,18)11-6-10(4-3-9(11)7-19)20-8-13-21-14(23-22-13)12-2-1-5-24-12/h1-6,20H,8H2,(H,21,22,23). The van der Waals surface area contributed by atoms with Gasteiger partial charge >= 0.3 is 6.18 Å². The molecule has 1 aromatic carbocycles. The van der Waals surface area contributed by atoms with Gasteiger partial charge in [-0.1, -0.05) is 6.07 Å². The molecule has 9 heteroatoms. The Kier molecular flexibility index (Phi) is 4.22. The normalized spacial score (nSPS) is 11.2. The Bertz CT molecular complexity index is 877. The first kappa shape index (κ1) is 16.0. The largest absolute Gasteiger partial charge is 0.417 e. The van der Waals surface area contributed by atoms with Crippen molar-refractivity contribution < 1.29 is 13.2 Å². The molecule has 24 heavy (non-hydrogen) atoms. The van der Waals surface area contributed by atoms with E-state index in [0.29, 0.717) is 11.6 Å². The minimum Gasteiger partial charge on any atom is -0.378 e. The van der Waals surface area contributed by atoms with Crippen LogP contribution in [0.2, 0.25) is 0 Å². The third-order valence-electron chi connectivity index (χ3n) is 3.18. The average molecular weight is 349 g/mol. The third-order valence-corrected chi connectivity index (χ3v) is 4.04. The van der Waals surface area contributed by atoms with Crippen LogP contribution in [-0.2, 0) is 12.7 Å². The van der Waals surface area contributed by atoms with Gasteiger partial charge in [0.05, 0.1) is 28.6 Å². The maximum absolute atomic E-state index is 12.9. The number of anilines is 1. The van der Waals surface area contributed by atoms with E-state index in [1.54, 1.807) is 6.07 Å². The third kappa shape index (κ3) is 3.38. The first-order chi connectivity index (χ1) is 11.5. The van der Waals surface area contributed by atoms with E-state index in [2.05, 4.69) is 20.5 Å². The molecule has 2 heterocycles. The number of hydrogen-bond acceptors (Lipinski definition) is 5. The molecule has 2 N–H and O–H groups in total. The minimum absolute atomic E-state index is 0.182. The molecule has 5 nitrogen and oxygen atoms in total. The molecule has 0 aliphatic rings. The van der Waals surface area contributed by atoms with E-state index in [-0.39, 0.29) is 12.2 Å². The summed E-state index contributed by atoms with van der Waals surface area (Å²) in [5, 5.41) is 20.3. The van der Waals surface area contributed by atoms with Gasteiger partial charge in [0, 0.05) is 5.69 Å². The summed E-state index contributed by atoms with van der Waals surface area (Å²) in [6, 6.07) is 8.78. The Morgan fingerprint density at radius 2 is 2.12 bits per heavy atom. The molecule has 0 radical (unpaired) electrons. The van der Waals surface area contributed by atoms with Gasteiger partial charge in [0.2, 0.25) is 0 Å². The molecule has 3 aromatic rings. The first-order valence-electron chi connectivity index (χ1n) is 6.78. The van der Waals surface area contributed by atoms with E-state index < -0.39 is 17.3 Å². The first-order valence-corrected chi connectivity index (χ1v) is 7.65. The van der Waals surface area contributed by atoms with Crippen LogP contribution in [0.15, 0.2) is 35.7 Å². The van der Waals surface area contributed by atoms with Gasteiger partial charge in [-0.25, -0.2) is 4.98 Å². The number of H-pyrrole nitrogens is 1. The Morgan fingerprint density at radius 1 is 1.29 bits per heavy atom. The molecule has 122 valence electrons. The fourth-order valence-electron chi connectivity index (χ4n) is 2.06. The molecule has 0 saturated carbocycles. The molecule has 0 saturated heterocycles. The second kappa shape index (κ2) is 6.33. The van der Waals surface area contributed by atoms with Crippen molar-refractivity contribution >= 4 is 17.0 Å². The maximum Gasteiger partial charge on any atom is 0.417 e. The van der Waals surface area contributed by atoms with Gasteiger partial charge in [-0.2, -0.15) is 23.5 Å². The zero-order valence-electron chi connectivity index (χ0n) is 12.1. The summed E-state index contributed by atoms with van der Waals surface area (Å²) in [4.78, 5) is 5.18. The zero-order valence-corrected chi connectivity index (χ0v) is 12.9. The number of nitrogens with one attached hydrogen (secondary N) is 2. The van der Waals surface area contributed by atoms with Crippen molar-refractivity contribution in [2.24, 2.45) is 0 Å². The van der Waals surface area contributed by atoms with E-state index in [1.165, 1.54) is 17.4 Å². The van der Waals surface area contributed by atoms with Crippen molar-refractivity contribution in [3.63, 3.8) is 0 Å². The van der Waals surface area contributed by atoms with Crippen molar-refractivity contribution in [1.29, 1.82) is 5.26 Å². The lowest BCUT2D eigenvalue weighted by atomic mass is 10.1. The summed E-state index contributed by atoms with van der Waals surface area (Å²) in [5.74, 6) is 1.04. The van der Waals surface area contributed by atoms with Crippen LogP contribution in [0.4, 0.5) is 18.9 Å². The molecule has 2 aromatic heterocycles. The molecule has 0 fully saturated rings. The molecule has 0 unspecified atom stereocenters. The molecule has 3 rings (SSSR count). The van der Waals surface area contributed by atoms with Gasteiger partial charge < -0.3 is 5.32 Å². The summed E-state index contributed by atoms with van der Waals surface area (Å²) in [6.45, 7) is 0.182. The van der Waals surface area contributed by atoms with E-state index >= 15 is 0 Å². The highest BCUT2D eigenvalue weighted by molar-refractivity contribution is 7.13. The minimum atomic E-state index is -4.58. The summed E-state index contributed by atoms with van der Waals surface area (Å²) >= 11 is 1.49. The van der Waals surface area contributed by atoms with Crippen LogP contribution in [0, 0.1) is 11.3 Å². The van der Waals surface area contributed by atoms with E-state index in [9.17, 15) is 13.2 Å². The average Bonchev–Trinajstić information content (AvgIpc) is 3.23. The van der Waals surface area contributed by atoms with Crippen molar-refractivity contribution in [1.82, 2.24) is 15.2 Å². The maximum atomic E-state index is 12.9. The summed E-state index contributed by atoms with van der Waals surface area (Å²) in [5.41, 5.74) is -1.13. The van der Waals surface area contributed by atoms with Crippen molar-refractivity contribution in [3.8, 4) is 16.8 Å². The molecular weight excluding hydrogens is 339 g/mol. The quantitative estimate of drug-likeness (QED) is 0.745. The molecule has 0 bridgehead atoms. The Balaban J connectivity index is 1.74. The van der Waals surface area contributed by atoms with Gasteiger partial charge in [-0.15, -0.1) is 11.3 Å². The number of nitriles is 1. The zero-order chi connectivity index (χ0) is 17.2. The fourth-order valence-corrected chi connectivity index (χ4v) is 2.72. The van der Waals surface area contributed by atoms with Gasteiger partial charge in [0.15, 0.2) is 5.82 Å². The fraction of sp³-hybridized carbons (Fsp3) is 0.133. The van der Waals surface area contributed by atoms with Crippen LogP contribution in [0.1, 0.15) is 17.0 Å². The predicted molar refractivity (Wildman–Crippen MR) is 83.2 cm³/mol. The Labute approximate surface area is 138 Å². The van der Waals surface area contributed by atoms with Crippen LogP contribution in [0.25, 0.3) is 10.7 Å². The smallest absolute Gasteiger partial charge is 0.378 e. The van der Waals surface area contributed by atoms with Crippen LogP contribution in [-0.4, -0.2) is 15.2 Å². The van der Waals surface area contributed by atoms with E-state index in [0.717, 1.165) is 17.0 Å². The number of alkyl halides is 3. The highest BCUT2D eigenvalue weighted by Gasteiger charge is 2.33. The predicted octanol–water partition coefficient (Wildman–Crippen LogP) is 4.04. The monoisotopic (exact) mass is 349 g/mol. The molecule has 0 aliphatic carbocycles. The van der Waals surface area contributed by atoms with Gasteiger partial charge in [0.25, 0.3) is 0 Å². The number of halogens is 3. The lowest BCUT2D eigenvalue weighted by Gasteiger charge is -2.11. The SMILES string of the molecule is N#Cc1ccc(NCc2nc(-c3cccs3)n[nH]2)cc1C(F)(F)F. The Morgan fingerprint density at radius 3 is 2.79 bits per heavy atom. The van der Waals surface area contributed by atoms with E-state index in [4.69, 9.17) is 5.26 Å². The van der Waals surface area contributed by atoms with Crippen LogP contribution in [0.3, 0.4) is 0 Å². The summed E-state index contributed by atoms with van der Waals surface area (Å²) in [7, 11) is 0. The van der Waals surface area contributed by atoms with Gasteiger partial charge in [0.1, 0.15) is 5.82 Å². The molecular formula is C15H10F3N5S. The number of thiophene rings is 1. The van der Waals surface area contributed by atoms with Crippen molar-refractivity contribution in [2.45, 2.75) is 12.7 Å². The van der Waals surface area contributed by atoms with Gasteiger partial charge in [-0.3, -0.25) is 5.10 Å². The highest BCUT2D eigenvalue weighted by atomic mass is 32.1. The number of rotatable bonds is 4. The lowest BCUT2D eigenvalue weighted by Crippen LogP contribution is -2.09. The number of aromatic amines is 1. The molecule has 0 atom stereocenters. The lowest BCUT2D eigenvalue weighted by molar-refractivity contribution is -0.137. The second-order valence-electron chi connectivity index (χ2n) is 4.81. The number of aromatic nitrogens is 3. The van der Waals surface area contributed by atoms with Crippen molar-refractivity contribution in [2.75, 3.05) is 5.32 Å². The molecule has 0 aliphatic heterocycles. The Hall–Kier alpha value is -2.86. The summed E-state index contributed by atoms with van der Waals surface area (Å²) in [6.07, 6.45) is -4.58. The second-order valence-corrected chi connectivity index (χ2v) is 5.75. The van der Waals surface area contributed by atoms with Crippen LogP contribution < -0.4 is 5.32 Å². The van der Waals surface area contributed by atoms with Crippen LogP contribution in [0.5, 0.6) is 0 Å². The van der Waals surface area contributed by atoms with Crippen LogP contribution >= 0.6 is 11.3 Å². The van der Waals surface area contributed by atoms with E-state index in [1.807, 2.05) is 17.5 Å². The summed E-state index contributed by atoms with van der Waals surface area (Å²) < 4.78 is 38.8. The van der Waals surface area contributed by atoms with Crippen molar-refractivity contribution in [3.05, 3.63) is 52.7 Å². The van der Waals surface area contributed by atoms with Gasteiger partial charge in [-0.05, 0) is 29.6 Å². The number of benzene rings is 1. The number of hydrogen-bond donors (Lipinski definition) is 2. The topological polar surface area (TPSA) is 77.4 Å². The molecule has 0 spiro atoms. The number of nitrogens with zero attached hydrogens (tertiary/aromatic N) is 3.